The van der Waals surface area contributed by atoms with E-state index in [0.717, 1.165) is 6.42 Å². The molecule has 0 radical (unpaired) electrons. The maximum atomic E-state index is 12.8. The highest BCUT2D eigenvalue weighted by Crippen LogP contribution is 2.20. The standard InChI is InChI=1S/C23H22N4O3/c24-20-5-1-2-6-21(20)26-22(28)16-7-9-17(10-8-16)23(29)27-13-11-19(15-27)30-18-4-3-12-25-14-18/h1-10,12,14,19H,11,13,15,24H2,(H,26,28). The number of nitrogens with one attached hydrogen (secondary N) is 1. The Morgan fingerprint density at radius 1 is 1.03 bits per heavy atom. The van der Waals surface area contributed by atoms with Crippen molar-refractivity contribution in [1.82, 2.24) is 9.88 Å². The number of pyridine rings is 1. The number of benzene rings is 2. The van der Waals surface area contributed by atoms with E-state index < -0.39 is 0 Å². The van der Waals surface area contributed by atoms with Crippen LogP contribution in [0.1, 0.15) is 27.1 Å². The summed E-state index contributed by atoms with van der Waals surface area (Å²) in [5, 5.41) is 2.78. The largest absolute Gasteiger partial charge is 0.487 e. The molecular formula is C23H22N4O3. The number of hydrogen-bond donors (Lipinski definition) is 2. The lowest BCUT2D eigenvalue weighted by Crippen LogP contribution is -2.31. The van der Waals surface area contributed by atoms with Gasteiger partial charge in [0.25, 0.3) is 11.8 Å². The molecule has 2 aromatic carbocycles. The molecule has 3 aromatic rings. The molecule has 2 heterocycles. The lowest BCUT2D eigenvalue weighted by molar-refractivity contribution is 0.0772. The van der Waals surface area contributed by atoms with Crippen LogP contribution in [0, 0.1) is 0 Å². The summed E-state index contributed by atoms with van der Waals surface area (Å²) in [7, 11) is 0. The van der Waals surface area contributed by atoms with Crippen molar-refractivity contribution in [2.75, 3.05) is 24.1 Å². The number of nitrogen functional groups attached to an aromatic ring is 1. The van der Waals surface area contributed by atoms with E-state index in [0.29, 0.717) is 41.3 Å². The summed E-state index contributed by atoms with van der Waals surface area (Å²) < 4.78 is 5.89. The molecule has 0 aliphatic carbocycles. The van der Waals surface area contributed by atoms with Gasteiger partial charge in [0.1, 0.15) is 11.9 Å². The maximum absolute atomic E-state index is 12.8. The Bertz CT molecular complexity index is 1040. The number of anilines is 2. The number of amides is 2. The van der Waals surface area contributed by atoms with E-state index in [1.54, 1.807) is 65.8 Å². The van der Waals surface area contributed by atoms with Crippen LogP contribution in [0.3, 0.4) is 0 Å². The third kappa shape index (κ3) is 4.41. The third-order valence-corrected chi connectivity index (χ3v) is 4.97. The van der Waals surface area contributed by atoms with Crippen molar-refractivity contribution in [3.05, 3.63) is 84.2 Å². The molecule has 1 aliphatic heterocycles. The van der Waals surface area contributed by atoms with Gasteiger partial charge in [-0.3, -0.25) is 14.6 Å². The van der Waals surface area contributed by atoms with Gasteiger partial charge in [-0.25, -0.2) is 0 Å². The van der Waals surface area contributed by atoms with Crippen LogP contribution in [-0.4, -0.2) is 40.9 Å². The fourth-order valence-electron chi connectivity index (χ4n) is 3.37. The van der Waals surface area contributed by atoms with E-state index in [2.05, 4.69) is 10.3 Å². The van der Waals surface area contributed by atoms with Crippen molar-refractivity contribution in [2.45, 2.75) is 12.5 Å². The number of likely N-dealkylation sites (tertiary alicyclic amines) is 1. The molecule has 1 fully saturated rings. The number of nitrogens with zero attached hydrogens (tertiary/aromatic N) is 2. The zero-order valence-electron chi connectivity index (χ0n) is 16.3. The fourth-order valence-corrected chi connectivity index (χ4v) is 3.37. The van der Waals surface area contributed by atoms with Gasteiger partial charge < -0.3 is 20.7 Å². The van der Waals surface area contributed by atoms with Gasteiger partial charge in [-0.2, -0.15) is 0 Å². The van der Waals surface area contributed by atoms with Crippen molar-refractivity contribution in [3.8, 4) is 5.75 Å². The third-order valence-electron chi connectivity index (χ3n) is 4.97. The lowest BCUT2D eigenvalue weighted by Gasteiger charge is -2.17. The van der Waals surface area contributed by atoms with Crippen molar-refractivity contribution >= 4 is 23.2 Å². The second kappa shape index (κ2) is 8.65. The summed E-state index contributed by atoms with van der Waals surface area (Å²) in [5.41, 5.74) is 7.90. The molecule has 3 N–H and O–H groups in total. The molecule has 0 spiro atoms. The van der Waals surface area contributed by atoms with Gasteiger partial charge in [-0.15, -0.1) is 0 Å². The minimum absolute atomic E-state index is 0.0560. The zero-order valence-corrected chi connectivity index (χ0v) is 16.3. The number of aromatic nitrogens is 1. The Kier molecular flexibility index (Phi) is 5.61. The van der Waals surface area contributed by atoms with Crippen LogP contribution in [0.5, 0.6) is 5.75 Å². The van der Waals surface area contributed by atoms with E-state index in [9.17, 15) is 9.59 Å². The summed E-state index contributed by atoms with van der Waals surface area (Å²) in [4.78, 5) is 31.0. The number of hydrogen-bond acceptors (Lipinski definition) is 5. The monoisotopic (exact) mass is 402 g/mol. The predicted octanol–water partition coefficient (Wildman–Crippen LogP) is 3.21. The molecule has 30 heavy (non-hydrogen) atoms. The normalized spacial score (nSPS) is 15.6. The number of rotatable bonds is 5. The summed E-state index contributed by atoms with van der Waals surface area (Å²) in [6.07, 6.45) is 4.06. The Hall–Kier alpha value is -3.87. The molecule has 1 saturated heterocycles. The SMILES string of the molecule is Nc1ccccc1NC(=O)c1ccc(C(=O)N2CCC(Oc3cccnc3)C2)cc1. The average molecular weight is 402 g/mol. The zero-order chi connectivity index (χ0) is 20.9. The van der Waals surface area contributed by atoms with Gasteiger partial charge >= 0.3 is 0 Å². The van der Waals surface area contributed by atoms with Crippen LogP contribution < -0.4 is 15.8 Å². The number of nitrogens with two attached hydrogens (primary N) is 1. The molecular weight excluding hydrogens is 380 g/mol. The molecule has 7 heteroatoms. The topological polar surface area (TPSA) is 97.5 Å². The molecule has 1 aliphatic rings. The van der Waals surface area contributed by atoms with E-state index in [4.69, 9.17) is 10.5 Å². The van der Waals surface area contributed by atoms with E-state index in [1.807, 2.05) is 12.1 Å². The van der Waals surface area contributed by atoms with E-state index in [-0.39, 0.29) is 17.9 Å². The van der Waals surface area contributed by atoms with E-state index >= 15 is 0 Å². The molecule has 1 unspecified atom stereocenters. The number of carbonyl (C=O) groups is 2. The number of carbonyl (C=O) groups excluding carboxylic acids is 2. The van der Waals surface area contributed by atoms with Crippen LogP contribution in [-0.2, 0) is 0 Å². The first-order chi connectivity index (χ1) is 14.6. The summed E-state index contributed by atoms with van der Waals surface area (Å²) in [6.45, 7) is 1.14. The summed E-state index contributed by atoms with van der Waals surface area (Å²) in [5.74, 6) is 0.343. The second-order valence-electron chi connectivity index (χ2n) is 7.09. The first-order valence-electron chi connectivity index (χ1n) is 9.72. The van der Waals surface area contributed by atoms with Crippen molar-refractivity contribution in [2.24, 2.45) is 0 Å². The van der Waals surface area contributed by atoms with Crippen LogP contribution in [0.4, 0.5) is 11.4 Å². The van der Waals surface area contributed by atoms with Crippen molar-refractivity contribution in [1.29, 1.82) is 0 Å². The van der Waals surface area contributed by atoms with Gasteiger partial charge in [-0.1, -0.05) is 12.1 Å². The highest BCUT2D eigenvalue weighted by molar-refractivity contribution is 6.06. The summed E-state index contributed by atoms with van der Waals surface area (Å²) >= 11 is 0. The van der Waals surface area contributed by atoms with Crippen molar-refractivity contribution in [3.63, 3.8) is 0 Å². The Morgan fingerprint density at radius 2 is 1.80 bits per heavy atom. The van der Waals surface area contributed by atoms with Gasteiger partial charge in [0.15, 0.2) is 0 Å². The Balaban J connectivity index is 1.36. The van der Waals surface area contributed by atoms with Gasteiger partial charge in [0.05, 0.1) is 24.1 Å². The molecule has 1 atom stereocenters. The lowest BCUT2D eigenvalue weighted by atomic mass is 10.1. The number of para-hydroxylation sites is 2. The van der Waals surface area contributed by atoms with Gasteiger partial charge in [-0.05, 0) is 48.5 Å². The van der Waals surface area contributed by atoms with Crippen LogP contribution >= 0.6 is 0 Å². The second-order valence-corrected chi connectivity index (χ2v) is 7.09. The van der Waals surface area contributed by atoms with Crippen LogP contribution in [0.2, 0.25) is 0 Å². The highest BCUT2D eigenvalue weighted by atomic mass is 16.5. The summed E-state index contributed by atoms with van der Waals surface area (Å²) in [6, 6.07) is 17.3. The predicted molar refractivity (Wildman–Crippen MR) is 114 cm³/mol. The minimum Gasteiger partial charge on any atom is -0.487 e. The van der Waals surface area contributed by atoms with Crippen LogP contribution in [0.25, 0.3) is 0 Å². The Morgan fingerprint density at radius 3 is 2.53 bits per heavy atom. The average Bonchev–Trinajstić information content (AvgIpc) is 3.24. The van der Waals surface area contributed by atoms with Crippen LogP contribution in [0.15, 0.2) is 73.1 Å². The van der Waals surface area contributed by atoms with E-state index in [1.165, 1.54) is 0 Å². The van der Waals surface area contributed by atoms with Gasteiger partial charge in [0, 0.05) is 30.3 Å². The molecule has 4 rings (SSSR count). The molecule has 0 bridgehead atoms. The first kappa shape index (κ1) is 19.4. The van der Waals surface area contributed by atoms with Crippen molar-refractivity contribution < 1.29 is 14.3 Å². The molecule has 0 saturated carbocycles. The maximum Gasteiger partial charge on any atom is 0.255 e. The number of ether oxygens (including phenoxy) is 1. The molecule has 1 aromatic heterocycles. The van der Waals surface area contributed by atoms with Gasteiger partial charge in [0.2, 0.25) is 0 Å². The molecule has 2 amide bonds. The minimum atomic E-state index is -0.280. The fraction of sp³-hybridized carbons (Fsp3) is 0.174. The quantitative estimate of drug-likeness (QED) is 0.639. The molecule has 152 valence electrons. The highest BCUT2D eigenvalue weighted by Gasteiger charge is 2.28. The molecule has 7 nitrogen and oxygen atoms in total. The smallest absolute Gasteiger partial charge is 0.255 e. The first-order valence-corrected chi connectivity index (χ1v) is 9.72. The Labute approximate surface area is 174 Å².